The molecule has 2 aliphatic rings. The van der Waals surface area contributed by atoms with Crippen LogP contribution in [0.1, 0.15) is 52.9 Å². The maximum absolute atomic E-state index is 3.61. The molecule has 0 amide bonds. The van der Waals surface area contributed by atoms with Crippen LogP contribution in [0.15, 0.2) is 0 Å². The van der Waals surface area contributed by atoms with Gasteiger partial charge in [-0.05, 0) is 63.7 Å². The summed E-state index contributed by atoms with van der Waals surface area (Å²) in [5.41, 5.74) is 0.476. The lowest BCUT2D eigenvalue weighted by Crippen LogP contribution is -2.46. The van der Waals surface area contributed by atoms with Crippen molar-refractivity contribution in [2.75, 3.05) is 45.8 Å². The van der Waals surface area contributed by atoms with Crippen molar-refractivity contribution in [3.63, 3.8) is 0 Å². The van der Waals surface area contributed by atoms with E-state index < -0.39 is 0 Å². The molecule has 0 radical (unpaired) electrons. The van der Waals surface area contributed by atoms with Crippen molar-refractivity contribution in [2.45, 2.75) is 58.9 Å². The molecule has 0 bridgehead atoms. The minimum atomic E-state index is 0.476. The van der Waals surface area contributed by atoms with E-state index in [2.05, 4.69) is 35.9 Å². The minimum Gasteiger partial charge on any atom is -0.316 e. The molecule has 0 spiro atoms. The molecule has 2 saturated heterocycles. The van der Waals surface area contributed by atoms with Gasteiger partial charge in [-0.15, -0.1) is 0 Å². The first-order chi connectivity index (χ1) is 9.73. The largest absolute Gasteiger partial charge is 0.316 e. The fourth-order valence-corrected chi connectivity index (χ4v) is 4.07. The summed E-state index contributed by atoms with van der Waals surface area (Å²) in [5.74, 6) is 0. The SMILES string of the molecule is CCNCC(CC)(CC)CN1CCCN2CCCC2C1. The number of hydrogen-bond donors (Lipinski definition) is 1. The highest BCUT2D eigenvalue weighted by atomic mass is 15.3. The van der Waals surface area contributed by atoms with Crippen molar-refractivity contribution < 1.29 is 0 Å². The first-order valence-corrected chi connectivity index (χ1v) is 8.90. The second-order valence-corrected chi connectivity index (χ2v) is 6.91. The Morgan fingerprint density at radius 2 is 1.80 bits per heavy atom. The van der Waals surface area contributed by atoms with Gasteiger partial charge in [-0.2, -0.15) is 0 Å². The summed E-state index contributed by atoms with van der Waals surface area (Å²) in [7, 11) is 0. The van der Waals surface area contributed by atoms with E-state index in [1.165, 1.54) is 71.4 Å². The zero-order valence-electron chi connectivity index (χ0n) is 14.0. The molecule has 0 saturated carbocycles. The molecule has 1 N–H and O–H groups in total. The predicted molar refractivity (Wildman–Crippen MR) is 87.2 cm³/mol. The minimum absolute atomic E-state index is 0.476. The van der Waals surface area contributed by atoms with Gasteiger partial charge < -0.3 is 10.2 Å². The van der Waals surface area contributed by atoms with Crippen LogP contribution in [0.4, 0.5) is 0 Å². The summed E-state index contributed by atoms with van der Waals surface area (Å²) in [6, 6.07) is 0.850. The summed E-state index contributed by atoms with van der Waals surface area (Å²) < 4.78 is 0. The van der Waals surface area contributed by atoms with E-state index in [-0.39, 0.29) is 0 Å². The normalized spacial score (nSPS) is 25.6. The topological polar surface area (TPSA) is 18.5 Å². The summed E-state index contributed by atoms with van der Waals surface area (Å²) in [6.45, 7) is 15.8. The van der Waals surface area contributed by atoms with E-state index in [9.17, 15) is 0 Å². The van der Waals surface area contributed by atoms with E-state index in [0.717, 1.165) is 12.6 Å². The Bertz CT molecular complexity index is 275. The third-order valence-electron chi connectivity index (χ3n) is 5.70. The van der Waals surface area contributed by atoms with Gasteiger partial charge in [-0.25, -0.2) is 0 Å². The Hall–Kier alpha value is -0.120. The molecule has 20 heavy (non-hydrogen) atoms. The van der Waals surface area contributed by atoms with Crippen LogP contribution >= 0.6 is 0 Å². The van der Waals surface area contributed by atoms with Gasteiger partial charge in [0.1, 0.15) is 0 Å². The number of fused-ring (bicyclic) bond motifs is 1. The Balaban J connectivity index is 1.94. The fraction of sp³-hybridized carbons (Fsp3) is 1.00. The van der Waals surface area contributed by atoms with Crippen LogP contribution in [0.25, 0.3) is 0 Å². The number of nitrogens with one attached hydrogen (secondary N) is 1. The van der Waals surface area contributed by atoms with Crippen molar-refractivity contribution in [1.29, 1.82) is 0 Å². The molecular formula is C17H35N3. The van der Waals surface area contributed by atoms with Gasteiger partial charge in [0.15, 0.2) is 0 Å². The van der Waals surface area contributed by atoms with Gasteiger partial charge in [0, 0.05) is 25.7 Å². The molecule has 3 heteroatoms. The predicted octanol–water partition coefficient (Wildman–Crippen LogP) is 2.57. The summed E-state index contributed by atoms with van der Waals surface area (Å²) >= 11 is 0. The maximum Gasteiger partial charge on any atom is 0.0223 e. The lowest BCUT2D eigenvalue weighted by atomic mass is 9.81. The standard InChI is InChI=1S/C17H35N3/c1-4-17(5-2,14-18-6-3)15-19-10-8-12-20-11-7-9-16(20)13-19/h16,18H,4-15H2,1-3H3. The Morgan fingerprint density at radius 3 is 2.50 bits per heavy atom. The van der Waals surface area contributed by atoms with Gasteiger partial charge in [-0.1, -0.05) is 20.8 Å². The average Bonchev–Trinajstić information content (AvgIpc) is 2.82. The zero-order valence-corrected chi connectivity index (χ0v) is 14.0. The maximum atomic E-state index is 3.61. The molecule has 0 aromatic rings. The van der Waals surface area contributed by atoms with E-state index in [1.54, 1.807) is 0 Å². The third-order valence-corrected chi connectivity index (χ3v) is 5.70. The van der Waals surface area contributed by atoms with Gasteiger partial charge in [0.2, 0.25) is 0 Å². The first kappa shape index (κ1) is 16.3. The summed E-state index contributed by atoms with van der Waals surface area (Å²) in [6.07, 6.45) is 6.79. The lowest BCUT2D eigenvalue weighted by Gasteiger charge is -2.38. The Labute approximate surface area is 126 Å². The second kappa shape index (κ2) is 7.77. The van der Waals surface area contributed by atoms with Crippen molar-refractivity contribution in [1.82, 2.24) is 15.1 Å². The van der Waals surface area contributed by atoms with Crippen molar-refractivity contribution in [2.24, 2.45) is 5.41 Å². The van der Waals surface area contributed by atoms with Crippen LogP contribution in [-0.2, 0) is 0 Å². The van der Waals surface area contributed by atoms with Crippen LogP contribution in [0.5, 0.6) is 0 Å². The van der Waals surface area contributed by atoms with Crippen molar-refractivity contribution in [3.8, 4) is 0 Å². The highest BCUT2D eigenvalue weighted by Gasteiger charge is 2.33. The molecule has 1 atom stereocenters. The Morgan fingerprint density at radius 1 is 1.05 bits per heavy atom. The number of rotatable bonds is 7. The molecule has 0 aromatic carbocycles. The Kier molecular flexibility index (Phi) is 6.31. The summed E-state index contributed by atoms with van der Waals surface area (Å²) in [4.78, 5) is 5.52. The molecule has 2 fully saturated rings. The van der Waals surface area contributed by atoms with E-state index in [1.807, 2.05) is 0 Å². The van der Waals surface area contributed by atoms with E-state index in [0.29, 0.717) is 5.41 Å². The highest BCUT2D eigenvalue weighted by Crippen LogP contribution is 2.29. The van der Waals surface area contributed by atoms with E-state index in [4.69, 9.17) is 0 Å². The molecule has 2 rings (SSSR count). The zero-order chi connectivity index (χ0) is 14.4. The number of hydrogen-bond acceptors (Lipinski definition) is 3. The molecule has 3 nitrogen and oxygen atoms in total. The van der Waals surface area contributed by atoms with Crippen molar-refractivity contribution in [3.05, 3.63) is 0 Å². The lowest BCUT2D eigenvalue weighted by molar-refractivity contribution is 0.126. The van der Waals surface area contributed by atoms with Crippen LogP contribution in [0, 0.1) is 5.41 Å². The highest BCUT2D eigenvalue weighted by molar-refractivity contribution is 4.89. The smallest absolute Gasteiger partial charge is 0.0223 e. The molecule has 1 unspecified atom stereocenters. The molecule has 118 valence electrons. The van der Waals surface area contributed by atoms with Gasteiger partial charge >= 0.3 is 0 Å². The van der Waals surface area contributed by atoms with Crippen LogP contribution in [0.3, 0.4) is 0 Å². The fourth-order valence-electron chi connectivity index (χ4n) is 4.07. The molecule has 0 aliphatic carbocycles. The van der Waals surface area contributed by atoms with Gasteiger partial charge in [0.05, 0.1) is 0 Å². The van der Waals surface area contributed by atoms with Gasteiger partial charge in [0.25, 0.3) is 0 Å². The molecule has 2 aliphatic heterocycles. The van der Waals surface area contributed by atoms with Crippen LogP contribution < -0.4 is 5.32 Å². The molecule has 0 aromatic heterocycles. The molecule has 2 heterocycles. The van der Waals surface area contributed by atoms with Gasteiger partial charge in [-0.3, -0.25) is 4.90 Å². The third kappa shape index (κ3) is 3.96. The van der Waals surface area contributed by atoms with Crippen LogP contribution in [-0.4, -0.2) is 61.7 Å². The average molecular weight is 281 g/mol. The van der Waals surface area contributed by atoms with Crippen LogP contribution in [0.2, 0.25) is 0 Å². The second-order valence-electron chi connectivity index (χ2n) is 6.91. The summed E-state index contributed by atoms with van der Waals surface area (Å²) in [5, 5.41) is 3.61. The quantitative estimate of drug-likeness (QED) is 0.774. The van der Waals surface area contributed by atoms with Crippen molar-refractivity contribution >= 4 is 0 Å². The van der Waals surface area contributed by atoms with E-state index >= 15 is 0 Å². The first-order valence-electron chi connectivity index (χ1n) is 8.90. The number of nitrogens with zero attached hydrogens (tertiary/aromatic N) is 2. The molecular weight excluding hydrogens is 246 g/mol. The monoisotopic (exact) mass is 281 g/mol.